The Morgan fingerprint density at radius 3 is 2.40 bits per heavy atom. The van der Waals surface area contributed by atoms with Gasteiger partial charge in [0.2, 0.25) is 0 Å². The maximum Gasteiger partial charge on any atom is 0.258 e. The van der Waals surface area contributed by atoms with Crippen LogP contribution in [0.2, 0.25) is 0 Å². The normalized spacial score (nSPS) is 11.0. The van der Waals surface area contributed by atoms with E-state index in [1.54, 1.807) is 24.3 Å². The van der Waals surface area contributed by atoms with Crippen LogP contribution < -0.4 is 5.32 Å². The highest BCUT2D eigenvalue weighted by Gasteiger charge is 2.15. The molecule has 0 bridgehead atoms. The Kier molecular flexibility index (Phi) is 3.61. The number of nitrogens with zero attached hydrogens (tertiary/aromatic N) is 2. The minimum atomic E-state index is -0.483. The summed E-state index contributed by atoms with van der Waals surface area (Å²) in [7, 11) is 0. The lowest BCUT2D eigenvalue weighted by Crippen LogP contribution is -2.14. The van der Waals surface area contributed by atoms with Crippen molar-refractivity contribution in [2.24, 2.45) is 0 Å². The summed E-state index contributed by atoms with van der Waals surface area (Å²) in [5, 5.41) is 2.60. The molecule has 0 atom stereocenters. The summed E-state index contributed by atoms with van der Waals surface area (Å²) in [4.78, 5) is 21.9. The van der Waals surface area contributed by atoms with Gasteiger partial charge >= 0.3 is 0 Å². The van der Waals surface area contributed by atoms with E-state index in [9.17, 15) is 9.18 Å². The Labute approximate surface area is 143 Å². The van der Waals surface area contributed by atoms with Crippen molar-refractivity contribution in [2.45, 2.75) is 6.92 Å². The third-order valence-electron chi connectivity index (χ3n) is 4.06. The number of carbonyl (C=O) groups excluding carboxylic acids is 1. The molecule has 0 aliphatic rings. The number of anilines is 1. The highest BCUT2D eigenvalue weighted by molar-refractivity contribution is 6.12. The van der Waals surface area contributed by atoms with Crippen molar-refractivity contribution in [3.05, 3.63) is 77.6 Å². The van der Waals surface area contributed by atoms with E-state index in [4.69, 9.17) is 0 Å². The maximum atomic E-state index is 13.8. The second kappa shape index (κ2) is 5.94. The number of hydrogen-bond donors (Lipinski definition) is 1. The van der Waals surface area contributed by atoms with Crippen molar-refractivity contribution in [1.82, 2.24) is 9.97 Å². The number of benzene rings is 3. The zero-order chi connectivity index (χ0) is 17.4. The highest BCUT2D eigenvalue weighted by Crippen LogP contribution is 2.22. The minimum Gasteiger partial charge on any atom is -0.319 e. The predicted molar refractivity (Wildman–Crippen MR) is 96.1 cm³/mol. The zero-order valence-electron chi connectivity index (χ0n) is 13.5. The van der Waals surface area contributed by atoms with Gasteiger partial charge in [-0.2, -0.15) is 0 Å². The molecule has 4 rings (SSSR count). The number of amides is 1. The van der Waals surface area contributed by atoms with Gasteiger partial charge < -0.3 is 5.32 Å². The molecule has 4 nitrogen and oxygen atoms in total. The number of aromatic nitrogens is 2. The van der Waals surface area contributed by atoms with Crippen LogP contribution in [0.15, 0.2) is 60.7 Å². The van der Waals surface area contributed by atoms with E-state index in [1.807, 2.05) is 31.2 Å². The lowest BCUT2D eigenvalue weighted by molar-refractivity contribution is 0.102. The summed E-state index contributed by atoms with van der Waals surface area (Å²) >= 11 is 0. The summed E-state index contributed by atoms with van der Waals surface area (Å²) in [5.74, 6) is -0.901. The zero-order valence-corrected chi connectivity index (χ0v) is 13.5. The van der Waals surface area contributed by atoms with Crippen LogP contribution >= 0.6 is 0 Å². The number of carbonyl (C=O) groups is 1. The molecule has 3 aromatic carbocycles. The summed E-state index contributed by atoms with van der Waals surface area (Å²) < 4.78 is 13.8. The Morgan fingerprint density at radius 1 is 0.880 bits per heavy atom. The van der Waals surface area contributed by atoms with Gasteiger partial charge in [0.25, 0.3) is 5.91 Å². The van der Waals surface area contributed by atoms with Gasteiger partial charge in [-0.1, -0.05) is 30.3 Å². The molecule has 1 aromatic heterocycles. The van der Waals surface area contributed by atoms with E-state index in [-0.39, 0.29) is 5.69 Å². The SMILES string of the molecule is Cc1cccc2nc3cccc(C(=O)Nc4ccccc4F)c3nc12. The molecule has 0 aliphatic carbocycles. The van der Waals surface area contributed by atoms with Gasteiger partial charge in [-0.05, 0) is 42.8 Å². The molecule has 1 amide bonds. The Bertz CT molecular complexity index is 1120. The summed E-state index contributed by atoms with van der Waals surface area (Å²) in [5.41, 5.74) is 4.13. The van der Waals surface area contributed by atoms with Gasteiger partial charge in [0.1, 0.15) is 11.3 Å². The van der Waals surface area contributed by atoms with Crippen molar-refractivity contribution in [2.75, 3.05) is 5.32 Å². The third kappa shape index (κ3) is 2.70. The Hall–Kier alpha value is -3.34. The molecular weight excluding hydrogens is 317 g/mol. The quantitative estimate of drug-likeness (QED) is 0.551. The van der Waals surface area contributed by atoms with Gasteiger partial charge in [0.15, 0.2) is 0 Å². The minimum absolute atomic E-state index is 0.134. The van der Waals surface area contributed by atoms with E-state index in [2.05, 4.69) is 15.3 Å². The van der Waals surface area contributed by atoms with Gasteiger partial charge in [0.05, 0.1) is 27.8 Å². The van der Waals surface area contributed by atoms with Crippen molar-refractivity contribution < 1.29 is 9.18 Å². The smallest absolute Gasteiger partial charge is 0.258 e. The number of para-hydroxylation sites is 3. The number of aryl methyl sites for hydroxylation is 1. The lowest BCUT2D eigenvalue weighted by Gasteiger charge is -2.09. The predicted octanol–water partition coefficient (Wildman–Crippen LogP) is 4.48. The van der Waals surface area contributed by atoms with E-state index in [1.165, 1.54) is 12.1 Å². The van der Waals surface area contributed by atoms with Gasteiger partial charge in [-0.25, -0.2) is 14.4 Å². The molecule has 0 saturated heterocycles. The molecule has 0 unspecified atom stereocenters. The third-order valence-corrected chi connectivity index (χ3v) is 4.06. The number of fused-ring (bicyclic) bond motifs is 2. The highest BCUT2D eigenvalue weighted by atomic mass is 19.1. The van der Waals surface area contributed by atoms with Crippen LogP contribution in [0.3, 0.4) is 0 Å². The molecular formula is C20H14FN3O. The molecule has 0 spiro atoms. The van der Waals surface area contributed by atoms with Crippen LogP contribution in [0.5, 0.6) is 0 Å². The molecule has 1 heterocycles. The number of hydrogen-bond acceptors (Lipinski definition) is 3. The lowest BCUT2D eigenvalue weighted by atomic mass is 10.1. The summed E-state index contributed by atoms with van der Waals surface area (Å²) in [6.45, 7) is 1.95. The molecule has 0 radical (unpaired) electrons. The molecule has 0 aliphatic heterocycles. The molecule has 5 heteroatoms. The molecule has 25 heavy (non-hydrogen) atoms. The second-order valence-electron chi connectivity index (χ2n) is 5.77. The first kappa shape index (κ1) is 15.2. The van der Waals surface area contributed by atoms with E-state index in [0.29, 0.717) is 16.6 Å². The largest absolute Gasteiger partial charge is 0.319 e. The van der Waals surface area contributed by atoms with Crippen LogP contribution in [-0.2, 0) is 0 Å². The fourth-order valence-corrected chi connectivity index (χ4v) is 2.80. The first-order valence-corrected chi connectivity index (χ1v) is 7.85. The van der Waals surface area contributed by atoms with Crippen LogP contribution in [0.4, 0.5) is 10.1 Å². The summed E-state index contributed by atoms with van der Waals surface area (Å²) in [6.07, 6.45) is 0. The van der Waals surface area contributed by atoms with Crippen molar-refractivity contribution in [3.63, 3.8) is 0 Å². The van der Waals surface area contributed by atoms with Crippen LogP contribution in [0.25, 0.3) is 22.1 Å². The summed E-state index contributed by atoms with van der Waals surface area (Å²) in [6, 6.07) is 17.0. The van der Waals surface area contributed by atoms with Gasteiger partial charge in [-0.15, -0.1) is 0 Å². The van der Waals surface area contributed by atoms with Crippen molar-refractivity contribution >= 4 is 33.7 Å². The number of rotatable bonds is 2. The van der Waals surface area contributed by atoms with E-state index >= 15 is 0 Å². The van der Waals surface area contributed by atoms with Crippen LogP contribution in [-0.4, -0.2) is 15.9 Å². The second-order valence-corrected chi connectivity index (χ2v) is 5.77. The first-order chi connectivity index (χ1) is 12.1. The first-order valence-electron chi connectivity index (χ1n) is 7.85. The fraction of sp³-hybridized carbons (Fsp3) is 0.0500. The molecule has 1 N–H and O–H groups in total. The molecule has 4 aromatic rings. The Morgan fingerprint density at radius 2 is 1.60 bits per heavy atom. The van der Waals surface area contributed by atoms with Crippen LogP contribution in [0.1, 0.15) is 15.9 Å². The molecule has 122 valence electrons. The molecule has 0 fully saturated rings. The van der Waals surface area contributed by atoms with E-state index < -0.39 is 11.7 Å². The van der Waals surface area contributed by atoms with Crippen molar-refractivity contribution in [1.29, 1.82) is 0 Å². The fourth-order valence-electron chi connectivity index (χ4n) is 2.80. The van der Waals surface area contributed by atoms with E-state index in [0.717, 1.165) is 16.6 Å². The standard InChI is InChI=1S/C20H14FN3O/c1-12-6-4-10-16-18(12)24-19-13(7-5-11-17(19)22-16)20(25)23-15-9-3-2-8-14(15)21/h2-11H,1H3,(H,23,25). The van der Waals surface area contributed by atoms with Crippen LogP contribution in [0, 0.1) is 12.7 Å². The van der Waals surface area contributed by atoms with Gasteiger partial charge in [0, 0.05) is 0 Å². The monoisotopic (exact) mass is 331 g/mol. The Balaban J connectivity index is 1.85. The topological polar surface area (TPSA) is 54.9 Å². The number of nitrogens with one attached hydrogen (secondary N) is 1. The average molecular weight is 331 g/mol. The number of halogens is 1. The maximum absolute atomic E-state index is 13.8. The average Bonchev–Trinajstić information content (AvgIpc) is 2.62. The van der Waals surface area contributed by atoms with Crippen molar-refractivity contribution in [3.8, 4) is 0 Å². The molecule has 0 saturated carbocycles. The van der Waals surface area contributed by atoms with Gasteiger partial charge in [-0.3, -0.25) is 4.79 Å².